The van der Waals surface area contributed by atoms with Crippen molar-refractivity contribution in [2.45, 2.75) is 71.1 Å². The summed E-state index contributed by atoms with van der Waals surface area (Å²) >= 11 is 0. The number of aliphatic hydroxyl groups is 1. The third-order valence-corrected chi connectivity index (χ3v) is 5.03. The van der Waals surface area contributed by atoms with Crippen molar-refractivity contribution in [2.75, 3.05) is 24.5 Å². The van der Waals surface area contributed by atoms with E-state index in [9.17, 15) is 9.90 Å². The lowest BCUT2D eigenvalue weighted by molar-refractivity contribution is -0.0327. The van der Waals surface area contributed by atoms with E-state index in [0.717, 1.165) is 49.7 Å². The molecule has 0 radical (unpaired) electrons. The van der Waals surface area contributed by atoms with Crippen LogP contribution >= 0.6 is 0 Å². The zero-order valence-electron chi connectivity index (χ0n) is 16.2. The highest BCUT2D eigenvalue weighted by molar-refractivity contribution is 5.69. The van der Waals surface area contributed by atoms with Crippen LogP contribution in [0.2, 0.25) is 0 Å². The first-order valence-electron chi connectivity index (χ1n) is 9.48. The molecule has 1 aromatic rings. The number of piperidine rings is 1. The van der Waals surface area contributed by atoms with E-state index in [1.807, 2.05) is 24.8 Å². The van der Waals surface area contributed by atoms with Crippen LogP contribution in [0.25, 0.3) is 0 Å². The number of nitrogens with zero attached hydrogens (tertiary/aromatic N) is 4. The van der Waals surface area contributed by atoms with Gasteiger partial charge in [-0.05, 0) is 40.5 Å². The second kappa shape index (κ2) is 7.39. The van der Waals surface area contributed by atoms with Gasteiger partial charge in [0.15, 0.2) is 0 Å². The lowest BCUT2D eigenvalue weighted by Gasteiger charge is -2.42. The van der Waals surface area contributed by atoms with Crippen LogP contribution in [0.4, 0.5) is 10.6 Å². The van der Waals surface area contributed by atoms with Crippen molar-refractivity contribution >= 4 is 11.9 Å². The maximum absolute atomic E-state index is 12.5. The number of rotatable bonds is 4. The van der Waals surface area contributed by atoms with Crippen LogP contribution in [-0.2, 0) is 4.74 Å². The molecule has 0 bridgehead atoms. The molecule has 0 aromatic carbocycles. The molecule has 7 nitrogen and oxygen atoms in total. The lowest BCUT2D eigenvalue weighted by Crippen LogP contribution is -2.54. The van der Waals surface area contributed by atoms with Crippen LogP contribution in [0.3, 0.4) is 0 Å². The number of carbonyl (C=O) groups is 1. The molecule has 2 aliphatic heterocycles. The van der Waals surface area contributed by atoms with Gasteiger partial charge in [0.25, 0.3) is 0 Å². The van der Waals surface area contributed by atoms with Crippen LogP contribution in [0.15, 0.2) is 6.07 Å². The average Bonchev–Trinajstić information content (AvgIpc) is 2.52. The Labute approximate surface area is 155 Å². The number of aromatic nitrogens is 2. The van der Waals surface area contributed by atoms with E-state index in [-0.39, 0.29) is 18.2 Å². The minimum Gasteiger partial charge on any atom is -0.446 e. The summed E-state index contributed by atoms with van der Waals surface area (Å²) in [7, 11) is 0. The van der Waals surface area contributed by atoms with Crippen molar-refractivity contribution in [2.24, 2.45) is 0 Å². The first-order chi connectivity index (χ1) is 12.2. The Kier molecular flexibility index (Phi) is 5.37. The zero-order valence-corrected chi connectivity index (χ0v) is 16.2. The Morgan fingerprint density at radius 1 is 1.27 bits per heavy atom. The van der Waals surface area contributed by atoms with Gasteiger partial charge < -0.3 is 19.6 Å². The van der Waals surface area contributed by atoms with Gasteiger partial charge in [-0.3, -0.25) is 0 Å². The van der Waals surface area contributed by atoms with E-state index >= 15 is 0 Å². The highest BCUT2D eigenvalue weighted by atomic mass is 16.6. The fourth-order valence-electron chi connectivity index (χ4n) is 3.95. The summed E-state index contributed by atoms with van der Waals surface area (Å²) < 4.78 is 5.59. The molecule has 26 heavy (non-hydrogen) atoms. The molecule has 0 saturated carbocycles. The van der Waals surface area contributed by atoms with Crippen molar-refractivity contribution in [3.63, 3.8) is 0 Å². The Morgan fingerprint density at radius 2 is 2.04 bits per heavy atom. The largest absolute Gasteiger partial charge is 0.446 e. The molecule has 7 heteroatoms. The molecule has 2 unspecified atom stereocenters. The van der Waals surface area contributed by atoms with Crippen molar-refractivity contribution in [3.8, 4) is 0 Å². The normalized spacial score (nSPS) is 24.6. The quantitative estimate of drug-likeness (QED) is 0.886. The maximum Gasteiger partial charge on any atom is 0.410 e. The first-order valence-corrected chi connectivity index (χ1v) is 9.48. The van der Waals surface area contributed by atoms with Crippen molar-refractivity contribution in [3.05, 3.63) is 17.6 Å². The molecule has 3 rings (SSSR count). The molecule has 1 N–H and O–H groups in total. The second-order valence-corrected chi connectivity index (χ2v) is 8.16. The summed E-state index contributed by atoms with van der Waals surface area (Å²) in [6, 6.07) is 2.14. The van der Waals surface area contributed by atoms with Gasteiger partial charge in [-0.2, -0.15) is 0 Å². The highest BCUT2D eigenvalue weighted by Gasteiger charge is 2.36. The Morgan fingerprint density at radius 3 is 2.69 bits per heavy atom. The van der Waals surface area contributed by atoms with E-state index < -0.39 is 5.60 Å². The Bertz CT molecular complexity index is 638. The molecule has 0 aliphatic carbocycles. The van der Waals surface area contributed by atoms with E-state index in [1.54, 1.807) is 13.8 Å². The van der Waals surface area contributed by atoms with Gasteiger partial charge >= 0.3 is 6.09 Å². The van der Waals surface area contributed by atoms with Crippen molar-refractivity contribution in [1.29, 1.82) is 0 Å². The van der Waals surface area contributed by atoms with E-state index in [0.29, 0.717) is 13.0 Å². The standard InChI is InChI=1S/C19H30N4O3/c1-13-10-17(21-14(2)20-13)22-8-5-6-15(12-22)23-9-7-16(26-18(23)24)11-19(3,4)25/h10,15-16,25H,5-9,11-12H2,1-4H3. The Hall–Kier alpha value is -1.89. The molecular formula is C19H30N4O3. The third-order valence-electron chi connectivity index (χ3n) is 5.03. The molecule has 144 valence electrons. The van der Waals surface area contributed by atoms with Gasteiger partial charge in [0.1, 0.15) is 17.7 Å². The topological polar surface area (TPSA) is 78.8 Å². The summed E-state index contributed by atoms with van der Waals surface area (Å²) in [5.74, 6) is 1.71. The van der Waals surface area contributed by atoms with Gasteiger partial charge in [0.05, 0.1) is 11.6 Å². The number of cyclic esters (lactones) is 1. The Balaban J connectivity index is 1.64. The number of anilines is 1. The first kappa shape index (κ1) is 18.9. The van der Waals surface area contributed by atoms with Crippen LogP contribution < -0.4 is 4.90 Å². The fourth-order valence-corrected chi connectivity index (χ4v) is 3.95. The van der Waals surface area contributed by atoms with E-state index in [4.69, 9.17) is 4.74 Å². The number of aryl methyl sites for hydroxylation is 2. The van der Waals surface area contributed by atoms with Gasteiger partial charge in [0, 0.05) is 44.2 Å². The van der Waals surface area contributed by atoms with Gasteiger partial charge in [-0.1, -0.05) is 0 Å². The van der Waals surface area contributed by atoms with Gasteiger partial charge in [-0.15, -0.1) is 0 Å². The third kappa shape index (κ3) is 4.63. The second-order valence-electron chi connectivity index (χ2n) is 8.16. The molecular weight excluding hydrogens is 332 g/mol. The number of hydrogen-bond donors (Lipinski definition) is 1. The number of carbonyl (C=O) groups excluding carboxylic acids is 1. The van der Waals surface area contributed by atoms with Crippen LogP contribution in [0.5, 0.6) is 0 Å². The summed E-state index contributed by atoms with van der Waals surface area (Å²) in [5.41, 5.74) is 0.138. The van der Waals surface area contributed by atoms with Crippen LogP contribution in [0.1, 0.15) is 51.0 Å². The summed E-state index contributed by atoms with van der Waals surface area (Å²) in [4.78, 5) is 25.5. The number of ether oxygens (including phenoxy) is 1. The minimum atomic E-state index is -0.822. The van der Waals surface area contributed by atoms with Gasteiger partial charge in [0.2, 0.25) is 0 Å². The predicted molar refractivity (Wildman–Crippen MR) is 99.2 cm³/mol. The smallest absolute Gasteiger partial charge is 0.410 e. The number of hydrogen-bond acceptors (Lipinski definition) is 6. The average molecular weight is 362 g/mol. The van der Waals surface area contributed by atoms with E-state index in [2.05, 4.69) is 14.9 Å². The maximum atomic E-state index is 12.5. The molecule has 3 heterocycles. The summed E-state index contributed by atoms with van der Waals surface area (Å²) in [5, 5.41) is 9.95. The molecule has 2 saturated heterocycles. The molecule has 0 spiro atoms. The molecule has 1 aromatic heterocycles. The summed E-state index contributed by atoms with van der Waals surface area (Å²) in [6.45, 7) is 9.76. The SMILES string of the molecule is Cc1cc(N2CCCC(N3CCC(CC(C)(C)O)OC3=O)C2)nc(C)n1. The molecule has 2 fully saturated rings. The van der Waals surface area contributed by atoms with Crippen LogP contribution in [-0.4, -0.2) is 63.4 Å². The zero-order chi connectivity index (χ0) is 18.9. The van der Waals surface area contributed by atoms with Crippen molar-refractivity contribution < 1.29 is 14.6 Å². The fraction of sp³-hybridized carbons (Fsp3) is 0.737. The molecule has 2 atom stereocenters. The van der Waals surface area contributed by atoms with Gasteiger partial charge in [-0.25, -0.2) is 14.8 Å². The van der Waals surface area contributed by atoms with Crippen molar-refractivity contribution in [1.82, 2.24) is 14.9 Å². The minimum absolute atomic E-state index is 0.134. The molecule has 2 aliphatic rings. The summed E-state index contributed by atoms with van der Waals surface area (Å²) in [6.07, 6.45) is 2.77. The lowest BCUT2D eigenvalue weighted by atomic mass is 9.97. The molecule has 1 amide bonds. The monoisotopic (exact) mass is 362 g/mol. The highest BCUT2D eigenvalue weighted by Crippen LogP contribution is 2.27. The number of amides is 1. The van der Waals surface area contributed by atoms with Crippen LogP contribution in [0, 0.1) is 13.8 Å². The predicted octanol–water partition coefficient (Wildman–Crippen LogP) is 2.43. The van der Waals surface area contributed by atoms with E-state index in [1.165, 1.54) is 0 Å².